The van der Waals surface area contributed by atoms with Crippen LogP contribution in [0.1, 0.15) is 39.9 Å². The number of guanidine groups is 1. The first-order chi connectivity index (χ1) is 12.2. The zero-order valence-corrected chi connectivity index (χ0v) is 19.1. The predicted molar refractivity (Wildman–Crippen MR) is 118 cm³/mol. The molecule has 1 aromatic heterocycles. The van der Waals surface area contributed by atoms with Gasteiger partial charge in [-0.3, -0.25) is 4.99 Å². The van der Waals surface area contributed by atoms with E-state index >= 15 is 0 Å². The van der Waals surface area contributed by atoms with Crippen LogP contribution < -0.4 is 5.32 Å². The van der Waals surface area contributed by atoms with Gasteiger partial charge in [0.05, 0.1) is 6.54 Å². The first-order valence-corrected chi connectivity index (χ1v) is 9.83. The van der Waals surface area contributed by atoms with Gasteiger partial charge in [0.25, 0.3) is 0 Å². The normalized spacial score (nSPS) is 17.7. The van der Waals surface area contributed by atoms with Crippen LogP contribution in [-0.4, -0.2) is 76.3 Å². The molecule has 7 nitrogen and oxygen atoms in total. The van der Waals surface area contributed by atoms with Crippen LogP contribution in [0.2, 0.25) is 0 Å². The maximum atomic E-state index is 4.84. The Kier molecular flexibility index (Phi) is 11.1. The van der Waals surface area contributed by atoms with Crippen molar-refractivity contribution in [2.75, 3.05) is 45.8 Å². The molecule has 1 unspecified atom stereocenters. The van der Waals surface area contributed by atoms with Crippen LogP contribution in [0, 0.1) is 5.92 Å². The molecule has 2 rings (SSSR count). The summed E-state index contributed by atoms with van der Waals surface area (Å²) in [5, 5.41) is 11.6. The molecule has 1 fully saturated rings. The summed E-state index contributed by atoms with van der Waals surface area (Å²) < 4.78 is 2.10. The second-order valence-electron chi connectivity index (χ2n) is 6.62. The summed E-state index contributed by atoms with van der Waals surface area (Å²) >= 11 is 0. The molecule has 26 heavy (non-hydrogen) atoms. The van der Waals surface area contributed by atoms with E-state index in [1.807, 2.05) is 0 Å². The van der Waals surface area contributed by atoms with Crippen LogP contribution in [0.4, 0.5) is 0 Å². The topological polar surface area (TPSA) is 61.6 Å². The number of nitrogens with zero attached hydrogens (tertiary/aromatic N) is 6. The molecular weight excluding hydrogens is 441 g/mol. The molecule has 0 bridgehead atoms. The minimum Gasteiger partial charge on any atom is -0.357 e. The highest BCUT2D eigenvalue weighted by Crippen LogP contribution is 2.17. The minimum absolute atomic E-state index is 0. The maximum Gasteiger partial charge on any atom is 0.193 e. The molecule has 0 amide bonds. The lowest BCUT2D eigenvalue weighted by atomic mass is 10.1. The highest BCUT2D eigenvalue weighted by Gasteiger charge is 2.25. The standard InChI is InChI=1S/C18H35N7.HI/c1-5-17-22-21-15-25(17)12-10-20-18(19-6-2)24-11-9-16(14-24)13-23(7-3)8-4;/h15-16H,5-14H2,1-4H3,(H,19,20);1H. The molecule has 1 atom stereocenters. The van der Waals surface area contributed by atoms with Gasteiger partial charge in [-0.2, -0.15) is 0 Å². The molecule has 1 saturated heterocycles. The van der Waals surface area contributed by atoms with Gasteiger partial charge >= 0.3 is 0 Å². The highest BCUT2D eigenvalue weighted by molar-refractivity contribution is 14.0. The average molecular weight is 477 g/mol. The van der Waals surface area contributed by atoms with Crippen molar-refractivity contribution >= 4 is 29.9 Å². The Bertz CT molecular complexity index is 527. The van der Waals surface area contributed by atoms with Crippen LogP contribution in [0.15, 0.2) is 11.3 Å². The van der Waals surface area contributed by atoms with Gasteiger partial charge in [-0.1, -0.05) is 20.8 Å². The first-order valence-electron chi connectivity index (χ1n) is 9.83. The Labute approximate surface area is 175 Å². The lowest BCUT2D eigenvalue weighted by Gasteiger charge is -2.24. The number of rotatable bonds is 9. The third-order valence-corrected chi connectivity index (χ3v) is 4.95. The zero-order chi connectivity index (χ0) is 18.1. The number of aromatic nitrogens is 3. The predicted octanol–water partition coefficient (Wildman–Crippen LogP) is 2.09. The Balaban J connectivity index is 0.00000338. The van der Waals surface area contributed by atoms with E-state index in [0.29, 0.717) is 0 Å². The second-order valence-corrected chi connectivity index (χ2v) is 6.62. The lowest BCUT2D eigenvalue weighted by Crippen LogP contribution is -2.41. The number of halogens is 1. The van der Waals surface area contributed by atoms with E-state index in [1.54, 1.807) is 6.33 Å². The molecular formula is C18H36IN7. The van der Waals surface area contributed by atoms with Crippen LogP contribution in [0.25, 0.3) is 0 Å². The average Bonchev–Trinajstić information content (AvgIpc) is 3.28. The number of nitrogens with one attached hydrogen (secondary N) is 1. The number of hydrogen-bond acceptors (Lipinski definition) is 4. The summed E-state index contributed by atoms with van der Waals surface area (Å²) in [5.41, 5.74) is 0. The molecule has 2 heterocycles. The molecule has 8 heteroatoms. The number of hydrogen-bond donors (Lipinski definition) is 1. The lowest BCUT2D eigenvalue weighted by molar-refractivity contribution is 0.255. The molecule has 1 aliphatic rings. The summed E-state index contributed by atoms with van der Waals surface area (Å²) in [5.74, 6) is 2.82. The van der Waals surface area contributed by atoms with Crippen LogP contribution in [-0.2, 0) is 13.0 Å². The van der Waals surface area contributed by atoms with Gasteiger partial charge in [0.15, 0.2) is 5.96 Å². The Hall–Kier alpha value is -0.900. The largest absolute Gasteiger partial charge is 0.357 e. The fraction of sp³-hybridized carbons (Fsp3) is 0.833. The minimum atomic E-state index is 0. The van der Waals surface area contributed by atoms with Crippen molar-refractivity contribution in [2.45, 2.75) is 47.1 Å². The number of aliphatic imine (C=N–C) groups is 1. The van der Waals surface area contributed by atoms with E-state index in [1.165, 1.54) is 13.0 Å². The number of likely N-dealkylation sites (tertiary alicyclic amines) is 1. The van der Waals surface area contributed by atoms with E-state index in [0.717, 1.165) is 69.9 Å². The Morgan fingerprint density at radius 3 is 2.73 bits per heavy atom. The number of aryl methyl sites for hydroxylation is 1. The fourth-order valence-electron chi connectivity index (χ4n) is 3.45. The monoisotopic (exact) mass is 477 g/mol. The van der Waals surface area contributed by atoms with Gasteiger partial charge in [0.2, 0.25) is 0 Å². The van der Waals surface area contributed by atoms with Crippen molar-refractivity contribution in [3.8, 4) is 0 Å². The van der Waals surface area contributed by atoms with Gasteiger partial charge in [0.1, 0.15) is 12.2 Å². The van der Waals surface area contributed by atoms with Gasteiger partial charge in [0, 0.05) is 39.1 Å². The van der Waals surface area contributed by atoms with E-state index < -0.39 is 0 Å². The van der Waals surface area contributed by atoms with Crippen LogP contribution in [0.3, 0.4) is 0 Å². The molecule has 0 spiro atoms. The molecule has 1 aromatic rings. The van der Waals surface area contributed by atoms with Gasteiger partial charge in [-0.25, -0.2) is 0 Å². The second kappa shape index (κ2) is 12.5. The molecule has 0 radical (unpaired) electrons. The Morgan fingerprint density at radius 2 is 2.08 bits per heavy atom. The summed E-state index contributed by atoms with van der Waals surface area (Å²) in [4.78, 5) is 9.79. The van der Waals surface area contributed by atoms with Crippen LogP contribution in [0.5, 0.6) is 0 Å². The fourth-order valence-corrected chi connectivity index (χ4v) is 3.45. The molecule has 1 aliphatic heterocycles. The molecule has 1 N–H and O–H groups in total. The molecule has 150 valence electrons. The SMILES string of the molecule is CCNC(=NCCn1cnnc1CC)N1CCC(CN(CC)CC)C1.I. The van der Waals surface area contributed by atoms with Crippen molar-refractivity contribution < 1.29 is 0 Å². The highest BCUT2D eigenvalue weighted by atomic mass is 127. The molecule has 0 saturated carbocycles. The first kappa shape index (κ1) is 23.1. The summed E-state index contributed by atoms with van der Waals surface area (Å²) in [6, 6.07) is 0. The molecule has 0 aromatic carbocycles. The van der Waals surface area contributed by atoms with Gasteiger partial charge < -0.3 is 19.7 Å². The Morgan fingerprint density at radius 1 is 1.31 bits per heavy atom. The van der Waals surface area contributed by atoms with E-state index in [4.69, 9.17) is 4.99 Å². The third-order valence-electron chi connectivity index (χ3n) is 4.95. The van der Waals surface area contributed by atoms with E-state index in [2.05, 4.69) is 57.6 Å². The third kappa shape index (κ3) is 6.68. The van der Waals surface area contributed by atoms with E-state index in [9.17, 15) is 0 Å². The van der Waals surface area contributed by atoms with E-state index in [-0.39, 0.29) is 24.0 Å². The van der Waals surface area contributed by atoms with Crippen molar-refractivity contribution in [3.63, 3.8) is 0 Å². The quantitative estimate of drug-likeness (QED) is 0.335. The van der Waals surface area contributed by atoms with Crippen molar-refractivity contribution in [1.29, 1.82) is 0 Å². The summed E-state index contributed by atoms with van der Waals surface area (Å²) in [6.45, 7) is 16.9. The van der Waals surface area contributed by atoms with Crippen LogP contribution >= 0.6 is 24.0 Å². The summed E-state index contributed by atoms with van der Waals surface area (Å²) in [7, 11) is 0. The van der Waals surface area contributed by atoms with Crippen molar-refractivity contribution in [2.24, 2.45) is 10.9 Å². The van der Waals surface area contributed by atoms with Crippen molar-refractivity contribution in [3.05, 3.63) is 12.2 Å². The maximum absolute atomic E-state index is 4.84. The van der Waals surface area contributed by atoms with Gasteiger partial charge in [-0.15, -0.1) is 34.2 Å². The molecule has 0 aliphatic carbocycles. The summed E-state index contributed by atoms with van der Waals surface area (Å²) in [6.07, 6.45) is 3.96. The smallest absolute Gasteiger partial charge is 0.193 e. The van der Waals surface area contributed by atoms with Gasteiger partial charge in [-0.05, 0) is 32.4 Å². The van der Waals surface area contributed by atoms with Crippen molar-refractivity contribution in [1.82, 2.24) is 29.9 Å². The zero-order valence-electron chi connectivity index (χ0n) is 16.8.